The van der Waals surface area contributed by atoms with Gasteiger partial charge in [-0.15, -0.1) is 0 Å². The molecule has 0 bridgehead atoms. The maximum Gasteiger partial charge on any atom is 0.249 e. The summed E-state index contributed by atoms with van der Waals surface area (Å²) in [5.74, 6) is 0.666. The molecule has 0 unspecified atom stereocenters. The lowest BCUT2D eigenvalue weighted by Crippen LogP contribution is -2.46. The van der Waals surface area contributed by atoms with Crippen molar-refractivity contribution in [3.8, 4) is 0 Å². The highest BCUT2D eigenvalue weighted by Crippen LogP contribution is 2.43. The van der Waals surface area contributed by atoms with Gasteiger partial charge in [0.15, 0.2) is 0 Å². The first-order chi connectivity index (χ1) is 12.1. The molecule has 0 radical (unpaired) electrons. The number of carbonyl (C=O) groups is 1. The zero-order valence-electron chi connectivity index (χ0n) is 13.7. The third-order valence-electron chi connectivity index (χ3n) is 4.89. The molecule has 2 aromatic rings. The van der Waals surface area contributed by atoms with E-state index in [1.807, 2.05) is 53.4 Å². The molecular weight excluding hydrogens is 357 g/mol. The Balaban J connectivity index is 1.73. The third kappa shape index (κ3) is 3.69. The van der Waals surface area contributed by atoms with E-state index in [1.165, 1.54) is 12.8 Å². The number of halogens is 2. The summed E-state index contributed by atoms with van der Waals surface area (Å²) >= 11 is 12.1. The zero-order chi connectivity index (χ0) is 17.4. The van der Waals surface area contributed by atoms with Gasteiger partial charge in [-0.1, -0.05) is 47.5 Å². The van der Waals surface area contributed by atoms with Crippen LogP contribution in [0.3, 0.4) is 0 Å². The van der Waals surface area contributed by atoms with Gasteiger partial charge in [-0.05, 0) is 54.2 Å². The Morgan fingerprint density at radius 1 is 0.920 bits per heavy atom. The molecule has 5 heteroatoms. The molecule has 2 fully saturated rings. The molecule has 3 nitrogen and oxygen atoms in total. The molecule has 0 aromatic heterocycles. The summed E-state index contributed by atoms with van der Waals surface area (Å²) in [6.07, 6.45) is 2.18. The van der Waals surface area contributed by atoms with Crippen LogP contribution in [0.2, 0.25) is 10.0 Å². The van der Waals surface area contributed by atoms with E-state index in [-0.39, 0.29) is 24.7 Å². The first-order valence-corrected chi connectivity index (χ1v) is 9.29. The second-order valence-corrected chi connectivity index (χ2v) is 7.64. The number of amides is 1. The van der Waals surface area contributed by atoms with Gasteiger partial charge in [0.25, 0.3) is 0 Å². The number of hydrogen-bond donors (Lipinski definition) is 0. The van der Waals surface area contributed by atoms with Crippen LogP contribution >= 0.6 is 23.2 Å². The third-order valence-corrected chi connectivity index (χ3v) is 5.40. The molecule has 1 amide bonds. The zero-order valence-corrected chi connectivity index (χ0v) is 15.2. The van der Waals surface area contributed by atoms with Crippen molar-refractivity contribution < 1.29 is 9.53 Å². The van der Waals surface area contributed by atoms with Gasteiger partial charge in [0.2, 0.25) is 5.91 Å². The van der Waals surface area contributed by atoms with Crippen LogP contribution in [-0.2, 0) is 9.53 Å². The lowest BCUT2D eigenvalue weighted by atomic mass is 9.92. The Kier molecular flexibility index (Phi) is 4.72. The van der Waals surface area contributed by atoms with Crippen LogP contribution < -0.4 is 0 Å². The van der Waals surface area contributed by atoms with E-state index >= 15 is 0 Å². The molecule has 1 aliphatic carbocycles. The van der Waals surface area contributed by atoms with Crippen molar-refractivity contribution in [2.75, 3.05) is 13.2 Å². The first-order valence-electron chi connectivity index (χ1n) is 8.54. The fourth-order valence-electron chi connectivity index (χ4n) is 3.39. The molecule has 1 aliphatic heterocycles. The average molecular weight is 376 g/mol. The fraction of sp³-hybridized carbons (Fsp3) is 0.350. The largest absolute Gasteiger partial charge is 0.361 e. The van der Waals surface area contributed by atoms with E-state index in [1.54, 1.807) is 0 Å². The van der Waals surface area contributed by atoms with E-state index < -0.39 is 0 Å². The Hall–Kier alpha value is -1.55. The molecule has 1 heterocycles. The summed E-state index contributed by atoms with van der Waals surface area (Å²) < 4.78 is 5.98. The molecule has 25 heavy (non-hydrogen) atoms. The quantitative estimate of drug-likeness (QED) is 0.748. The number of hydrogen-bond acceptors (Lipinski definition) is 2. The minimum absolute atomic E-state index is 0.0528. The Morgan fingerprint density at radius 3 is 2.04 bits per heavy atom. The number of carbonyl (C=O) groups excluding carboxylic acids is 1. The molecular formula is C20H19Cl2NO2. The van der Waals surface area contributed by atoms with E-state index in [0.717, 1.165) is 17.7 Å². The number of benzene rings is 2. The maximum absolute atomic E-state index is 12.6. The van der Waals surface area contributed by atoms with Gasteiger partial charge >= 0.3 is 0 Å². The average Bonchev–Trinajstić information content (AvgIpc) is 3.43. The van der Waals surface area contributed by atoms with Crippen molar-refractivity contribution in [3.05, 3.63) is 69.7 Å². The summed E-state index contributed by atoms with van der Waals surface area (Å²) in [6, 6.07) is 15.2. The van der Waals surface area contributed by atoms with Crippen LogP contribution in [0.25, 0.3) is 0 Å². The Labute approximate surface area is 157 Å². The minimum Gasteiger partial charge on any atom is -0.361 e. The smallest absolute Gasteiger partial charge is 0.249 e. The molecule has 2 atom stereocenters. The van der Waals surface area contributed by atoms with Crippen molar-refractivity contribution in [1.82, 2.24) is 4.90 Å². The molecule has 0 spiro atoms. The van der Waals surface area contributed by atoms with Crippen LogP contribution in [0.5, 0.6) is 0 Å². The van der Waals surface area contributed by atoms with E-state index in [9.17, 15) is 4.79 Å². The lowest BCUT2D eigenvalue weighted by molar-refractivity contribution is -0.159. The van der Waals surface area contributed by atoms with Gasteiger partial charge in [-0.3, -0.25) is 4.79 Å². The van der Waals surface area contributed by atoms with Crippen molar-refractivity contribution in [2.45, 2.75) is 25.0 Å². The van der Waals surface area contributed by atoms with Crippen LogP contribution in [0.4, 0.5) is 0 Å². The summed E-state index contributed by atoms with van der Waals surface area (Å²) in [6.45, 7) is 0.906. The van der Waals surface area contributed by atoms with Gasteiger partial charge in [0.05, 0.1) is 6.04 Å². The molecule has 130 valence electrons. The number of ether oxygens (including phenoxy) is 1. The highest BCUT2D eigenvalue weighted by atomic mass is 35.5. The summed E-state index contributed by atoms with van der Waals surface area (Å²) in [5, 5.41) is 1.37. The SMILES string of the molecule is O=C1CO[C@@H](c2ccc(Cl)cc2)[C@@H](c2ccc(Cl)cc2)N1CC1CC1. The number of nitrogens with zero attached hydrogens (tertiary/aromatic N) is 1. The van der Waals surface area contributed by atoms with Gasteiger partial charge in [-0.25, -0.2) is 0 Å². The standard InChI is InChI=1S/C20H19Cl2NO2/c21-16-7-3-14(4-8-16)19-20(15-5-9-17(22)10-6-15)25-12-18(24)23(19)11-13-1-2-13/h3-10,13,19-20H,1-2,11-12H2/t19-,20+/m1/s1. The number of morpholine rings is 1. The summed E-state index contributed by atoms with van der Waals surface area (Å²) in [5.41, 5.74) is 2.07. The first kappa shape index (κ1) is 16.9. The molecule has 0 N–H and O–H groups in total. The second-order valence-electron chi connectivity index (χ2n) is 6.77. The molecule has 2 aliphatic rings. The predicted molar refractivity (Wildman–Crippen MR) is 98.8 cm³/mol. The topological polar surface area (TPSA) is 29.5 Å². The van der Waals surface area contributed by atoms with Gasteiger partial charge in [0.1, 0.15) is 12.7 Å². The van der Waals surface area contributed by atoms with Crippen molar-refractivity contribution in [2.24, 2.45) is 5.92 Å². The Bertz CT molecular complexity index is 756. The van der Waals surface area contributed by atoms with Gasteiger partial charge in [0, 0.05) is 16.6 Å². The molecule has 1 saturated carbocycles. The molecule has 1 saturated heterocycles. The maximum atomic E-state index is 12.6. The highest BCUT2D eigenvalue weighted by molar-refractivity contribution is 6.30. The van der Waals surface area contributed by atoms with Crippen LogP contribution in [0.15, 0.2) is 48.5 Å². The van der Waals surface area contributed by atoms with Gasteiger partial charge < -0.3 is 9.64 Å². The lowest BCUT2D eigenvalue weighted by Gasteiger charge is -2.41. The van der Waals surface area contributed by atoms with Crippen molar-refractivity contribution in [1.29, 1.82) is 0 Å². The second kappa shape index (κ2) is 6.99. The minimum atomic E-state index is -0.213. The molecule has 2 aromatic carbocycles. The van der Waals surface area contributed by atoms with Crippen LogP contribution in [0.1, 0.15) is 36.1 Å². The fourth-order valence-corrected chi connectivity index (χ4v) is 3.65. The van der Waals surface area contributed by atoms with E-state index in [2.05, 4.69) is 0 Å². The van der Waals surface area contributed by atoms with Crippen LogP contribution in [0, 0.1) is 5.92 Å². The highest BCUT2D eigenvalue weighted by Gasteiger charge is 2.40. The van der Waals surface area contributed by atoms with E-state index in [0.29, 0.717) is 16.0 Å². The van der Waals surface area contributed by atoms with Crippen molar-refractivity contribution in [3.63, 3.8) is 0 Å². The van der Waals surface area contributed by atoms with Crippen LogP contribution in [-0.4, -0.2) is 24.0 Å². The predicted octanol–water partition coefficient (Wildman–Crippen LogP) is 5.04. The monoisotopic (exact) mass is 375 g/mol. The summed E-state index contributed by atoms with van der Waals surface area (Å²) in [7, 11) is 0. The number of rotatable bonds is 4. The normalized spacial score (nSPS) is 23.8. The van der Waals surface area contributed by atoms with Crippen molar-refractivity contribution >= 4 is 29.1 Å². The molecule has 4 rings (SSSR count). The Morgan fingerprint density at radius 2 is 1.48 bits per heavy atom. The van der Waals surface area contributed by atoms with Gasteiger partial charge in [-0.2, -0.15) is 0 Å². The van der Waals surface area contributed by atoms with E-state index in [4.69, 9.17) is 27.9 Å². The summed E-state index contributed by atoms with van der Waals surface area (Å²) in [4.78, 5) is 14.6.